The van der Waals surface area contributed by atoms with E-state index in [2.05, 4.69) is 27.3 Å². The Hall–Kier alpha value is -2.78. The van der Waals surface area contributed by atoms with E-state index in [0.717, 1.165) is 56.1 Å². The van der Waals surface area contributed by atoms with Gasteiger partial charge in [-0.1, -0.05) is 18.2 Å². The first-order valence-electron chi connectivity index (χ1n) is 14.4. The van der Waals surface area contributed by atoms with E-state index in [1.807, 2.05) is 37.5 Å². The number of nitrogens with zero attached hydrogens (tertiary/aromatic N) is 4. The molecule has 3 heterocycles. The summed E-state index contributed by atoms with van der Waals surface area (Å²) in [6.45, 7) is 4.89. The van der Waals surface area contributed by atoms with Gasteiger partial charge in [-0.15, -0.1) is 0 Å². The normalized spacial score (nSPS) is 20.5. The number of allylic oxidation sites excluding steroid dienone is 3. The molecule has 1 aliphatic heterocycles. The Kier molecular flexibility index (Phi) is 12.6. The van der Waals surface area contributed by atoms with Gasteiger partial charge in [0.05, 0.1) is 5.69 Å². The van der Waals surface area contributed by atoms with Gasteiger partial charge in [-0.25, -0.2) is 0 Å². The fourth-order valence-corrected chi connectivity index (χ4v) is 5.27. The van der Waals surface area contributed by atoms with E-state index >= 15 is 0 Å². The van der Waals surface area contributed by atoms with Crippen LogP contribution in [0.3, 0.4) is 0 Å². The minimum atomic E-state index is -4.11. The lowest BCUT2D eigenvalue weighted by Gasteiger charge is -2.30. The highest BCUT2D eigenvalue weighted by Crippen LogP contribution is 2.27. The Bertz CT molecular complexity index is 1120. The van der Waals surface area contributed by atoms with Crippen LogP contribution in [0.4, 0.5) is 13.2 Å². The van der Waals surface area contributed by atoms with Gasteiger partial charge in [0.2, 0.25) is 0 Å². The number of hydrogen-bond donors (Lipinski definition) is 1. The van der Waals surface area contributed by atoms with Gasteiger partial charge < -0.3 is 10.2 Å². The van der Waals surface area contributed by atoms with Crippen LogP contribution in [0.15, 0.2) is 42.1 Å². The maximum atomic E-state index is 12.4. The molecular weight excluding hydrogens is 515 g/mol. The van der Waals surface area contributed by atoms with Crippen LogP contribution in [0.5, 0.6) is 0 Å². The van der Waals surface area contributed by atoms with Crippen LogP contribution in [0.25, 0.3) is 6.08 Å². The zero-order valence-electron chi connectivity index (χ0n) is 24.1. The van der Waals surface area contributed by atoms with E-state index in [9.17, 15) is 18.0 Å². The Morgan fingerprint density at radius 2 is 1.88 bits per heavy atom. The molecule has 2 aromatic heterocycles. The van der Waals surface area contributed by atoms with Gasteiger partial charge in [0, 0.05) is 56.6 Å². The van der Waals surface area contributed by atoms with Crippen LogP contribution in [0.1, 0.15) is 68.1 Å². The second-order valence-electron chi connectivity index (χ2n) is 11.0. The Balaban J connectivity index is 0.000000285. The average Bonchev–Trinajstić information content (AvgIpc) is 3.25. The van der Waals surface area contributed by atoms with Crippen LogP contribution >= 0.6 is 0 Å². The summed E-state index contributed by atoms with van der Waals surface area (Å²) in [5.74, 6) is 0.840. The standard InChI is InChI=1S/C21H32F3N3.C10H12N2O/c1-25-18-5-2-16(3-6-18)9-13-27-14-10-17-4-7-19(8-12-21(22,23)24)26-20(17)11-15-27;1-9(8-13)4-3-5-10-6-7-12(2)11-10/h4,7,16,18,25H,2-3,5-6,8-15H2,1H3;3-8H,1-2H3/b;5-3-,9-4+. The molecule has 0 aromatic carbocycles. The predicted octanol–water partition coefficient (Wildman–Crippen LogP) is 5.72. The molecule has 40 heavy (non-hydrogen) atoms. The van der Waals surface area contributed by atoms with Crippen molar-refractivity contribution < 1.29 is 18.0 Å². The third-order valence-corrected chi connectivity index (χ3v) is 7.81. The van der Waals surface area contributed by atoms with E-state index in [1.54, 1.807) is 23.7 Å². The lowest BCUT2D eigenvalue weighted by atomic mass is 9.84. The number of aryl methyl sites for hydroxylation is 2. The lowest BCUT2D eigenvalue weighted by molar-refractivity contribution is -0.134. The van der Waals surface area contributed by atoms with Crippen LogP contribution in [0.2, 0.25) is 0 Å². The number of nitrogens with one attached hydrogen (secondary N) is 1. The number of rotatable bonds is 9. The molecule has 6 nitrogen and oxygen atoms in total. The molecular formula is C31H44F3N5O. The topological polar surface area (TPSA) is 63.1 Å². The number of carbonyl (C=O) groups is 1. The van der Waals surface area contributed by atoms with Crippen molar-refractivity contribution in [3.63, 3.8) is 0 Å². The first kappa shape index (κ1) is 31.7. The molecule has 2 aromatic rings. The van der Waals surface area contributed by atoms with Crippen molar-refractivity contribution in [2.24, 2.45) is 13.0 Å². The third-order valence-electron chi connectivity index (χ3n) is 7.81. The van der Waals surface area contributed by atoms with E-state index in [1.165, 1.54) is 37.7 Å². The smallest absolute Gasteiger partial charge is 0.317 e. The van der Waals surface area contributed by atoms with Crippen molar-refractivity contribution >= 4 is 12.4 Å². The lowest BCUT2D eigenvalue weighted by Crippen LogP contribution is -2.33. The van der Waals surface area contributed by atoms with Crippen LogP contribution < -0.4 is 5.32 Å². The van der Waals surface area contributed by atoms with Gasteiger partial charge in [0.25, 0.3) is 0 Å². The molecule has 1 saturated carbocycles. The summed E-state index contributed by atoms with van der Waals surface area (Å²) in [6.07, 6.45) is 11.5. The van der Waals surface area contributed by atoms with Crippen molar-refractivity contribution in [1.82, 2.24) is 25.0 Å². The summed E-state index contributed by atoms with van der Waals surface area (Å²) in [5, 5.41) is 7.54. The Labute approximate surface area is 236 Å². The summed E-state index contributed by atoms with van der Waals surface area (Å²) in [5.41, 5.74) is 4.37. The van der Waals surface area contributed by atoms with Crippen molar-refractivity contribution in [3.8, 4) is 0 Å². The van der Waals surface area contributed by atoms with Crippen LogP contribution in [-0.4, -0.2) is 64.9 Å². The number of halogens is 3. The minimum Gasteiger partial charge on any atom is -0.317 e. The Morgan fingerprint density at radius 3 is 2.52 bits per heavy atom. The molecule has 1 fully saturated rings. The quantitative estimate of drug-likeness (QED) is 0.242. The SMILES string of the molecule is C/C(C=O)=C\C=C/c1ccn(C)n1.CNC1CCC(CCN2CCc3ccc(CCC(F)(F)F)nc3CC2)CC1. The number of fused-ring (bicyclic) bond motifs is 1. The second kappa shape index (κ2) is 15.9. The van der Waals surface area contributed by atoms with Gasteiger partial charge in [0.1, 0.15) is 6.29 Å². The Morgan fingerprint density at radius 1 is 1.12 bits per heavy atom. The minimum absolute atomic E-state index is 0.0181. The van der Waals surface area contributed by atoms with Gasteiger partial charge in [-0.05, 0) is 101 Å². The number of pyridine rings is 1. The molecule has 0 bridgehead atoms. The molecule has 0 atom stereocenters. The van der Waals surface area contributed by atoms with Gasteiger partial charge in [-0.2, -0.15) is 18.3 Å². The van der Waals surface area contributed by atoms with E-state index in [4.69, 9.17) is 0 Å². The highest BCUT2D eigenvalue weighted by atomic mass is 19.4. The number of hydrogen-bond acceptors (Lipinski definition) is 5. The molecule has 0 unspecified atom stereocenters. The summed E-state index contributed by atoms with van der Waals surface area (Å²) in [6, 6.07) is 6.38. The van der Waals surface area contributed by atoms with Gasteiger partial charge in [-0.3, -0.25) is 14.5 Å². The van der Waals surface area contributed by atoms with Crippen molar-refractivity contribution in [2.45, 2.75) is 76.9 Å². The van der Waals surface area contributed by atoms with Gasteiger partial charge >= 0.3 is 6.18 Å². The summed E-state index contributed by atoms with van der Waals surface area (Å²) >= 11 is 0. The van der Waals surface area contributed by atoms with Crippen molar-refractivity contribution in [3.05, 3.63) is 64.8 Å². The second-order valence-corrected chi connectivity index (χ2v) is 11.0. The average molecular weight is 560 g/mol. The first-order valence-corrected chi connectivity index (χ1v) is 14.4. The number of alkyl halides is 3. The maximum absolute atomic E-state index is 12.4. The molecule has 1 aliphatic carbocycles. The van der Waals surface area contributed by atoms with E-state index < -0.39 is 12.6 Å². The number of aldehydes is 1. The molecule has 1 N–H and O–H groups in total. The third kappa shape index (κ3) is 11.4. The fourth-order valence-electron chi connectivity index (χ4n) is 5.27. The summed E-state index contributed by atoms with van der Waals surface area (Å²) in [4.78, 5) is 17.3. The molecule has 0 spiro atoms. The zero-order valence-corrected chi connectivity index (χ0v) is 24.1. The molecule has 0 radical (unpaired) electrons. The van der Waals surface area contributed by atoms with Gasteiger partial charge in [0.15, 0.2) is 0 Å². The molecule has 4 rings (SSSR count). The van der Waals surface area contributed by atoms with E-state index in [-0.39, 0.29) is 6.42 Å². The summed E-state index contributed by atoms with van der Waals surface area (Å²) < 4.78 is 39.0. The molecule has 9 heteroatoms. The number of carbonyl (C=O) groups excluding carboxylic acids is 1. The maximum Gasteiger partial charge on any atom is 0.389 e. The first-order chi connectivity index (χ1) is 19.1. The number of aromatic nitrogens is 3. The van der Waals surface area contributed by atoms with Crippen LogP contribution in [-0.2, 0) is 31.1 Å². The largest absolute Gasteiger partial charge is 0.389 e. The van der Waals surface area contributed by atoms with Crippen molar-refractivity contribution in [1.29, 1.82) is 0 Å². The molecule has 220 valence electrons. The predicted molar refractivity (Wildman–Crippen MR) is 154 cm³/mol. The molecule has 2 aliphatic rings. The highest BCUT2D eigenvalue weighted by Gasteiger charge is 2.27. The monoisotopic (exact) mass is 559 g/mol. The zero-order chi connectivity index (χ0) is 29.0. The summed E-state index contributed by atoms with van der Waals surface area (Å²) in [7, 11) is 3.92. The van der Waals surface area contributed by atoms with E-state index in [0.29, 0.717) is 17.3 Å². The fraction of sp³-hybridized carbons (Fsp3) is 0.581. The highest BCUT2D eigenvalue weighted by molar-refractivity contribution is 5.73. The molecule has 0 amide bonds. The van der Waals surface area contributed by atoms with Crippen molar-refractivity contribution in [2.75, 3.05) is 26.7 Å². The molecule has 0 saturated heterocycles. The van der Waals surface area contributed by atoms with Crippen LogP contribution in [0, 0.1) is 5.92 Å².